The summed E-state index contributed by atoms with van der Waals surface area (Å²) in [5.41, 5.74) is 1.90. The minimum absolute atomic E-state index is 0.0143. The van der Waals surface area contributed by atoms with Crippen molar-refractivity contribution in [3.05, 3.63) is 41.1 Å². The van der Waals surface area contributed by atoms with Gasteiger partial charge in [0.15, 0.2) is 0 Å². The molecule has 0 fully saturated rings. The van der Waals surface area contributed by atoms with Crippen LogP contribution in [0.1, 0.15) is 16.8 Å². The smallest absolute Gasteiger partial charge is 0.335 e. The number of fused-ring (bicyclic) bond motifs is 1. The minimum atomic E-state index is -4.06. The van der Waals surface area contributed by atoms with E-state index >= 15 is 0 Å². The molecule has 10 heteroatoms. The molecule has 0 saturated heterocycles. The average Bonchev–Trinajstić information content (AvgIpc) is 3.01. The molecule has 2 heterocycles. The first-order chi connectivity index (χ1) is 11.9. The van der Waals surface area contributed by atoms with Crippen LogP contribution in [0.15, 0.2) is 29.2 Å². The van der Waals surface area contributed by atoms with E-state index in [9.17, 15) is 13.2 Å². The lowest BCUT2D eigenvalue weighted by atomic mass is 10.1. The number of methoxy groups -OCH3 is 1. The van der Waals surface area contributed by atoms with Gasteiger partial charge in [0.2, 0.25) is 11.8 Å². The Morgan fingerprint density at radius 3 is 2.84 bits per heavy atom. The highest BCUT2D eigenvalue weighted by molar-refractivity contribution is 7.90. The van der Waals surface area contributed by atoms with Gasteiger partial charge in [0.1, 0.15) is 0 Å². The lowest BCUT2D eigenvalue weighted by molar-refractivity contribution is 0.133. The number of nitrogens with zero attached hydrogens (tertiary/aromatic N) is 2. The zero-order valence-electron chi connectivity index (χ0n) is 13.6. The molecule has 2 aromatic rings. The van der Waals surface area contributed by atoms with Crippen LogP contribution in [0, 0.1) is 6.92 Å². The molecule has 2 N–H and O–H groups in total. The van der Waals surface area contributed by atoms with E-state index < -0.39 is 16.1 Å². The van der Waals surface area contributed by atoms with Crippen LogP contribution in [-0.2, 0) is 28.0 Å². The Morgan fingerprint density at radius 2 is 2.08 bits per heavy atom. The Hall–Kier alpha value is -2.72. The number of anilines is 1. The first kappa shape index (κ1) is 17.1. The average molecular weight is 364 g/mol. The predicted molar refractivity (Wildman–Crippen MR) is 87.6 cm³/mol. The fourth-order valence-electron chi connectivity index (χ4n) is 2.43. The van der Waals surface area contributed by atoms with E-state index in [1.807, 2.05) is 4.72 Å². The molecule has 0 radical (unpaired) electrons. The van der Waals surface area contributed by atoms with E-state index in [0.717, 1.165) is 5.56 Å². The third-order valence-electron chi connectivity index (χ3n) is 3.52. The van der Waals surface area contributed by atoms with Crippen LogP contribution >= 0.6 is 0 Å². The second-order valence-corrected chi connectivity index (χ2v) is 6.97. The predicted octanol–water partition coefficient (Wildman–Crippen LogP) is 1.33. The molecule has 3 rings (SSSR count). The molecule has 2 amide bonds. The topological polar surface area (TPSA) is 120 Å². The molecule has 9 nitrogen and oxygen atoms in total. The van der Waals surface area contributed by atoms with Gasteiger partial charge in [-0.2, -0.15) is 4.98 Å². The Kier molecular flexibility index (Phi) is 4.55. The number of urea groups is 1. The van der Waals surface area contributed by atoms with Crippen LogP contribution in [0.3, 0.4) is 0 Å². The largest absolute Gasteiger partial charge is 0.481 e. The number of amides is 2. The lowest BCUT2D eigenvalue weighted by Crippen LogP contribution is -2.35. The molecule has 0 unspecified atom stereocenters. The molecule has 0 saturated carbocycles. The molecule has 1 aliphatic heterocycles. The molecule has 0 spiro atoms. The SMILES string of the molecule is COc1cc(C)nc(NC(=O)NS(=O)(=O)c2cccc3c2COC3)n1. The molecule has 0 bridgehead atoms. The quantitative estimate of drug-likeness (QED) is 0.840. The third kappa shape index (κ3) is 3.69. The summed E-state index contributed by atoms with van der Waals surface area (Å²) in [5, 5.41) is 2.29. The van der Waals surface area contributed by atoms with Crippen molar-refractivity contribution >= 4 is 22.0 Å². The van der Waals surface area contributed by atoms with Gasteiger partial charge in [-0.1, -0.05) is 12.1 Å². The van der Waals surface area contributed by atoms with Gasteiger partial charge in [0, 0.05) is 17.3 Å². The zero-order chi connectivity index (χ0) is 18.0. The minimum Gasteiger partial charge on any atom is -0.481 e. The molecule has 0 atom stereocenters. The Bertz CT molecular complexity index is 930. The van der Waals surface area contributed by atoms with E-state index in [1.165, 1.54) is 13.2 Å². The van der Waals surface area contributed by atoms with Crippen molar-refractivity contribution in [2.45, 2.75) is 25.0 Å². The summed E-state index contributed by atoms with van der Waals surface area (Å²) in [6.45, 7) is 2.23. The Morgan fingerprint density at radius 1 is 1.28 bits per heavy atom. The van der Waals surface area contributed by atoms with Crippen molar-refractivity contribution < 1.29 is 22.7 Å². The number of aromatic nitrogens is 2. The van der Waals surface area contributed by atoms with Gasteiger partial charge < -0.3 is 9.47 Å². The summed E-state index contributed by atoms with van der Waals surface area (Å²) >= 11 is 0. The van der Waals surface area contributed by atoms with Crippen LogP contribution in [-0.4, -0.2) is 31.5 Å². The maximum Gasteiger partial charge on any atom is 0.335 e. The number of nitrogens with one attached hydrogen (secondary N) is 2. The number of carbonyl (C=O) groups is 1. The van der Waals surface area contributed by atoms with E-state index in [2.05, 4.69) is 15.3 Å². The van der Waals surface area contributed by atoms with Gasteiger partial charge in [-0.15, -0.1) is 0 Å². The van der Waals surface area contributed by atoms with Crippen molar-refractivity contribution in [1.82, 2.24) is 14.7 Å². The van der Waals surface area contributed by atoms with Crippen molar-refractivity contribution in [2.24, 2.45) is 0 Å². The normalized spacial score (nSPS) is 13.2. The van der Waals surface area contributed by atoms with Gasteiger partial charge in [-0.05, 0) is 18.6 Å². The number of carbonyl (C=O) groups excluding carboxylic acids is 1. The van der Waals surface area contributed by atoms with Crippen molar-refractivity contribution in [3.8, 4) is 5.88 Å². The fraction of sp³-hybridized carbons (Fsp3) is 0.267. The highest BCUT2D eigenvalue weighted by Gasteiger charge is 2.25. The molecular formula is C15H16N4O5S. The molecule has 1 aromatic heterocycles. The second kappa shape index (κ2) is 6.65. The maximum atomic E-state index is 12.5. The van der Waals surface area contributed by atoms with Crippen LogP contribution in [0.2, 0.25) is 0 Å². The van der Waals surface area contributed by atoms with Crippen LogP contribution < -0.4 is 14.8 Å². The number of ether oxygens (including phenoxy) is 2. The molecule has 0 aliphatic carbocycles. The van der Waals surface area contributed by atoms with Crippen molar-refractivity contribution in [2.75, 3.05) is 12.4 Å². The number of rotatable bonds is 4. The molecule has 1 aliphatic rings. The first-order valence-corrected chi connectivity index (χ1v) is 8.79. The maximum absolute atomic E-state index is 12.5. The van der Waals surface area contributed by atoms with Crippen LogP contribution in [0.5, 0.6) is 5.88 Å². The summed E-state index contributed by atoms with van der Waals surface area (Å²) in [6, 6.07) is 5.43. The number of hydrogen-bond donors (Lipinski definition) is 2. The van der Waals surface area contributed by atoms with Crippen LogP contribution in [0.25, 0.3) is 0 Å². The zero-order valence-corrected chi connectivity index (χ0v) is 14.4. The summed E-state index contributed by atoms with van der Waals surface area (Å²) < 4.78 is 37.2. The lowest BCUT2D eigenvalue weighted by Gasteiger charge is -2.11. The summed E-state index contributed by atoms with van der Waals surface area (Å²) in [7, 11) is -2.63. The number of hydrogen-bond acceptors (Lipinski definition) is 7. The van der Waals surface area contributed by atoms with Crippen molar-refractivity contribution in [3.63, 3.8) is 0 Å². The molecule has 132 valence electrons. The molecule has 25 heavy (non-hydrogen) atoms. The van der Waals surface area contributed by atoms with Gasteiger partial charge in [-0.25, -0.2) is 22.9 Å². The molecule has 1 aromatic carbocycles. The van der Waals surface area contributed by atoms with Gasteiger partial charge in [0.05, 0.1) is 25.2 Å². The van der Waals surface area contributed by atoms with E-state index in [1.54, 1.807) is 25.1 Å². The second-order valence-electron chi connectivity index (χ2n) is 5.32. The van der Waals surface area contributed by atoms with Gasteiger partial charge in [-0.3, -0.25) is 5.32 Å². The van der Waals surface area contributed by atoms with Gasteiger partial charge in [0.25, 0.3) is 10.0 Å². The summed E-state index contributed by atoms with van der Waals surface area (Å²) in [6.07, 6.45) is 0. The van der Waals surface area contributed by atoms with Gasteiger partial charge >= 0.3 is 6.03 Å². The van der Waals surface area contributed by atoms with E-state index in [4.69, 9.17) is 9.47 Å². The third-order valence-corrected chi connectivity index (χ3v) is 4.93. The number of sulfonamides is 1. The van der Waals surface area contributed by atoms with Crippen LogP contribution in [0.4, 0.5) is 10.7 Å². The first-order valence-electron chi connectivity index (χ1n) is 7.31. The summed E-state index contributed by atoms with van der Waals surface area (Å²) in [5.74, 6) is 0.190. The monoisotopic (exact) mass is 364 g/mol. The summed E-state index contributed by atoms with van der Waals surface area (Å²) in [4.78, 5) is 20.0. The van der Waals surface area contributed by atoms with Crippen molar-refractivity contribution in [1.29, 1.82) is 0 Å². The Balaban J connectivity index is 1.79. The van der Waals surface area contributed by atoms with E-state index in [-0.39, 0.29) is 23.3 Å². The molecular weight excluding hydrogens is 348 g/mol. The standard InChI is InChI=1S/C15H16N4O5S/c1-9-6-13(23-2)17-14(16-9)18-15(20)19-25(21,22)12-5-3-4-10-7-24-8-11(10)12/h3-6H,7-8H2,1-2H3,(H2,16,17,18,19,20). The van der Waals surface area contributed by atoms with E-state index in [0.29, 0.717) is 17.9 Å². The Labute approximate surface area is 144 Å². The highest BCUT2D eigenvalue weighted by Crippen LogP contribution is 2.26. The highest BCUT2D eigenvalue weighted by atomic mass is 32.2. The number of benzene rings is 1. The fourth-order valence-corrected chi connectivity index (χ4v) is 3.61. The number of aryl methyl sites for hydroxylation is 1.